The van der Waals surface area contributed by atoms with Crippen LogP contribution >= 0.6 is 12.2 Å². The minimum Gasteiger partial charge on any atom is -0.389 e. The molecule has 3 N–H and O–H groups in total. The largest absolute Gasteiger partial charge is 0.389 e. The Morgan fingerprint density at radius 2 is 2.22 bits per heavy atom. The lowest BCUT2D eigenvalue weighted by Gasteiger charge is -2.17. The van der Waals surface area contributed by atoms with Crippen LogP contribution in [0.15, 0.2) is 24.3 Å². The Labute approximate surface area is 140 Å². The van der Waals surface area contributed by atoms with Crippen molar-refractivity contribution in [3.05, 3.63) is 34.6 Å². The molecule has 0 saturated carbocycles. The maximum atomic E-state index is 11.9. The van der Waals surface area contributed by atoms with E-state index in [4.69, 9.17) is 12.2 Å². The molecule has 0 bridgehead atoms. The summed E-state index contributed by atoms with van der Waals surface area (Å²) in [5.74, 6) is 0.583. The minimum absolute atomic E-state index is 0.134. The van der Waals surface area contributed by atoms with E-state index >= 15 is 0 Å². The Bertz CT molecular complexity index is 743. The molecule has 1 aromatic carbocycles. The fourth-order valence-electron chi connectivity index (χ4n) is 2.15. The van der Waals surface area contributed by atoms with Crippen LogP contribution in [-0.2, 0) is 11.3 Å². The number of nitrogens with one attached hydrogen (secondary N) is 2. The number of rotatable bonds is 6. The quantitative estimate of drug-likeness (QED) is 0.707. The summed E-state index contributed by atoms with van der Waals surface area (Å²) in [7, 11) is 0. The first-order valence-electron chi connectivity index (χ1n) is 7.47. The van der Waals surface area contributed by atoms with Gasteiger partial charge in [0.05, 0.1) is 5.60 Å². The highest BCUT2D eigenvalue weighted by Crippen LogP contribution is 2.18. The molecule has 1 amide bonds. The van der Waals surface area contributed by atoms with E-state index in [1.165, 1.54) is 0 Å². The Balaban J connectivity index is 2.08. The van der Waals surface area contributed by atoms with Gasteiger partial charge in [-0.2, -0.15) is 5.10 Å². The van der Waals surface area contributed by atoms with Gasteiger partial charge in [-0.3, -0.25) is 14.5 Å². The van der Waals surface area contributed by atoms with Gasteiger partial charge in [0.1, 0.15) is 0 Å². The van der Waals surface area contributed by atoms with E-state index in [0.717, 1.165) is 11.1 Å². The second-order valence-electron chi connectivity index (χ2n) is 6.21. The molecule has 2 rings (SSSR count). The van der Waals surface area contributed by atoms with E-state index < -0.39 is 5.60 Å². The van der Waals surface area contributed by atoms with Crippen LogP contribution in [0.4, 0.5) is 0 Å². The van der Waals surface area contributed by atoms with Crippen molar-refractivity contribution in [3.8, 4) is 11.4 Å². The summed E-state index contributed by atoms with van der Waals surface area (Å²) in [6, 6.07) is 7.96. The summed E-state index contributed by atoms with van der Waals surface area (Å²) >= 11 is 5.25. The lowest BCUT2D eigenvalue weighted by atomic mass is 10.1. The zero-order valence-electron chi connectivity index (χ0n) is 13.6. The number of nitrogens with zero attached hydrogens (tertiary/aromatic N) is 2. The van der Waals surface area contributed by atoms with Gasteiger partial charge in [-0.05, 0) is 39.1 Å². The van der Waals surface area contributed by atoms with E-state index in [2.05, 4.69) is 15.5 Å². The Kier molecular flexibility index (Phi) is 5.33. The number of aromatic nitrogens is 3. The second-order valence-corrected chi connectivity index (χ2v) is 6.60. The van der Waals surface area contributed by atoms with Crippen molar-refractivity contribution in [2.75, 3.05) is 6.54 Å². The third-order valence-electron chi connectivity index (χ3n) is 3.32. The number of benzene rings is 1. The van der Waals surface area contributed by atoms with Gasteiger partial charge in [-0.25, -0.2) is 0 Å². The second kappa shape index (κ2) is 7.06. The first kappa shape index (κ1) is 17.4. The molecule has 1 heterocycles. The molecule has 0 saturated heterocycles. The summed E-state index contributed by atoms with van der Waals surface area (Å²) < 4.78 is 2.30. The standard InChI is InChI=1S/C16H22N4O2S/c1-11-5-4-6-12(9-11)14-18-19-15(23)20(14)8-7-13(21)17-10-16(2,3)22/h4-6,9,22H,7-8,10H2,1-3H3,(H,17,21)(H,19,23). The maximum Gasteiger partial charge on any atom is 0.221 e. The van der Waals surface area contributed by atoms with E-state index in [1.54, 1.807) is 13.8 Å². The predicted molar refractivity (Wildman–Crippen MR) is 91.5 cm³/mol. The fraction of sp³-hybridized carbons (Fsp3) is 0.438. The van der Waals surface area contributed by atoms with E-state index in [0.29, 0.717) is 17.1 Å². The lowest BCUT2D eigenvalue weighted by Crippen LogP contribution is -2.38. The van der Waals surface area contributed by atoms with Gasteiger partial charge in [-0.15, -0.1) is 0 Å². The van der Waals surface area contributed by atoms with Crippen LogP contribution in [0.2, 0.25) is 0 Å². The Morgan fingerprint density at radius 3 is 2.87 bits per heavy atom. The van der Waals surface area contributed by atoms with E-state index in [1.807, 2.05) is 35.8 Å². The number of H-pyrrole nitrogens is 1. The van der Waals surface area contributed by atoms with E-state index in [-0.39, 0.29) is 18.9 Å². The molecule has 0 unspecified atom stereocenters. The highest BCUT2D eigenvalue weighted by molar-refractivity contribution is 7.71. The van der Waals surface area contributed by atoms with Crippen molar-refractivity contribution in [1.29, 1.82) is 0 Å². The van der Waals surface area contributed by atoms with Crippen LogP contribution in [0.25, 0.3) is 11.4 Å². The maximum absolute atomic E-state index is 11.9. The highest BCUT2D eigenvalue weighted by Gasteiger charge is 2.15. The van der Waals surface area contributed by atoms with Gasteiger partial charge < -0.3 is 10.4 Å². The molecule has 0 aliphatic heterocycles. The number of hydrogen-bond donors (Lipinski definition) is 3. The first-order valence-corrected chi connectivity index (χ1v) is 7.88. The van der Waals surface area contributed by atoms with Crippen LogP contribution < -0.4 is 5.32 Å². The monoisotopic (exact) mass is 334 g/mol. The smallest absolute Gasteiger partial charge is 0.221 e. The number of amides is 1. The lowest BCUT2D eigenvalue weighted by molar-refractivity contribution is -0.122. The van der Waals surface area contributed by atoms with Crippen molar-refractivity contribution in [1.82, 2.24) is 20.1 Å². The van der Waals surface area contributed by atoms with Crippen molar-refractivity contribution >= 4 is 18.1 Å². The van der Waals surface area contributed by atoms with Crippen LogP contribution in [0, 0.1) is 11.7 Å². The molecular formula is C16H22N4O2S. The zero-order valence-corrected chi connectivity index (χ0v) is 14.4. The van der Waals surface area contributed by atoms with Gasteiger partial charge in [0.2, 0.25) is 5.91 Å². The van der Waals surface area contributed by atoms with Crippen molar-refractivity contribution in [3.63, 3.8) is 0 Å². The molecule has 0 spiro atoms. The van der Waals surface area contributed by atoms with Gasteiger partial charge in [0, 0.05) is 25.1 Å². The zero-order chi connectivity index (χ0) is 17.0. The topological polar surface area (TPSA) is 82.9 Å². The highest BCUT2D eigenvalue weighted by atomic mass is 32.1. The Morgan fingerprint density at radius 1 is 1.48 bits per heavy atom. The summed E-state index contributed by atoms with van der Waals surface area (Å²) in [4.78, 5) is 11.9. The molecule has 0 radical (unpaired) electrons. The summed E-state index contributed by atoms with van der Waals surface area (Å²) in [5, 5.41) is 19.4. The molecule has 6 nitrogen and oxygen atoms in total. The van der Waals surface area contributed by atoms with Crippen molar-refractivity contribution in [2.24, 2.45) is 0 Å². The molecule has 1 aromatic heterocycles. The molecule has 2 aromatic rings. The van der Waals surface area contributed by atoms with E-state index in [9.17, 15) is 9.90 Å². The number of carbonyl (C=O) groups excluding carboxylic acids is 1. The average molecular weight is 334 g/mol. The molecule has 0 fully saturated rings. The third-order valence-corrected chi connectivity index (χ3v) is 3.63. The summed E-state index contributed by atoms with van der Waals surface area (Å²) in [6.45, 7) is 5.95. The normalized spacial score (nSPS) is 11.5. The molecule has 0 atom stereocenters. The molecule has 0 aliphatic carbocycles. The minimum atomic E-state index is -0.922. The number of aryl methyl sites for hydroxylation is 1. The number of hydrogen-bond acceptors (Lipinski definition) is 4. The van der Waals surface area contributed by atoms with Crippen molar-refractivity contribution in [2.45, 2.75) is 39.3 Å². The predicted octanol–water partition coefficient (Wildman–Crippen LogP) is 2.19. The molecule has 7 heteroatoms. The summed E-state index contributed by atoms with van der Waals surface area (Å²) in [5.41, 5.74) is 1.16. The van der Waals surface area contributed by atoms with Crippen LogP contribution in [0.5, 0.6) is 0 Å². The molecular weight excluding hydrogens is 312 g/mol. The number of aliphatic hydroxyl groups is 1. The van der Waals surface area contributed by atoms with Gasteiger partial charge in [0.15, 0.2) is 10.6 Å². The molecule has 124 valence electrons. The van der Waals surface area contributed by atoms with Crippen LogP contribution in [-0.4, -0.2) is 37.9 Å². The van der Waals surface area contributed by atoms with Crippen molar-refractivity contribution < 1.29 is 9.90 Å². The third kappa shape index (κ3) is 5.01. The SMILES string of the molecule is Cc1cccc(-c2n[nH]c(=S)n2CCC(=O)NCC(C)(C)O)c1. The number of carbonyl (C=O) groups is 1. The first-order chi connectivity index (χ1) is 10.8. The number of aromatic amines is 1. The molecule has 0 aliphatic rings. The van der Waals surface area contributed by atoms with Gasteiger partial charge in [-0.1, -0.05) is 23.8 Å². The van der Waals surface area contributed by atoms with Gasteiger partial charge >= 0.3 is 0 Å². The van der Waals surface area contributed by atoms with Crippen LogP contribution in [0.3, 0.4) is 0 Å². The van der Waals surface area contributed by atoms with Crippen LogP contribution in [0.1, 0.15) is 25.8 Å². The fourth-order valence-corrected chi connectivity index (χ4v) is 2.37. The molecule has 23 heavy (non-hydrogen) atoms. The Hall–Kier alpha value is -1.99. The average Bonchev–Trinajstić information content (AvgIpc) is 2.83. The summed E-state index contributed by atoms with van der Waals surface area (Å²) in [6.07, 6.45) is 0.267. The van der Waals surface area contributed by atoms with Gasteiger partial charge in [0.25, 0.3) is 0 Å².